The molecule has 0 amide bonds. The van der Waals surface area contributed by atoms with Gasteiger partial charge in [-0.2, -0.15) is 10.4 Å². The summed E-state index contributed by atoms with van der Waals surface area (Å²) < 4.78 is 7.55. The van der Waals surface area contributed by atoms with Gasteiger partial charge in [-0.1, -0.05) is 6.92 Å². The van der Waals surface area contributed by atoms with Gasteiger partial charge in [0.2, 0.25) is 0 Å². The molecular formula is C27H42N4O2. The van der Waals surface area contributed by atoms with Gasteiger partial charge in [0, 0.05) is 6.61 Å². The molecule has 1 unspecified atom stereocenters. The highest BCUT2D eigenvalue weighted by atomic mass is 16.5. The van der Waals surface area contributed by atoms with E-state index in [0.29, 0.717) is 41.8 Å². The Labute approximate surface area is 198 Å². The molecule has 6 nitrogen and oxygen atoms in total. The molecule has 0 radical (unpaired) electrons. The number of hydrogen-bond donors (Lipinski definition) is 2. The zero-order chi connectivity index (χ0) is 23.4. The molecule has 0 aliphatic heterocycles. The van der Waals surface area contributed by atoms with Gasteiger partial charge >= 0.3 is 0 Å². The Morgan fingerprint density at radius 3 is 2.73 bits per heavy atom. The van der Waals surface area contributed by atoms with Crippen molar-refractivity contribution >= 4 is 5.82 Å². The van der Waals surface area contributed by atoms with Crippen LogP contribution in [0.3, 0.4) is 0 Å². The average Bonchev–Trinajstić information content (AvgIpc) is 3.36. The van der Waals surface area contributed by atoms with Crippen LogP contribution in [0.5, 0.6) is 0 Å². The molecule has 33 heavy (non-hydrogen) atoms. The summed E-state index contributed by atoms with van der Waals surface area (Å²) in [6.45, 7) is 8.00. The van der Waals surface area contributed by atoms with Gasteiger partial charge in [0.05, 0.1) is 24.4 Å². The van der Waals surface area contributed by atoms with Crippen LogP contribution in [0.15, 0.2) is 6.20 Å². The lowest BCUT2D eigenvalue weighted by atomic mass is 9.48. The molecule has 4 fully saturated rings. The molecule has 0 spiro atoms. The highest BCUT2D eigenvalue weighted by molar-refractivity contribution is 5.47. The summed E-state index contributed by atoms with van der Waals surface area (Å²) in [6.07, 6.45) is 12.4. The summed E-state index contributed by atoms with van der Waals surface area (Å²) in [5, 5.41) is 24.9. The van der Waals surface area contributed by atoms with Crippen molar-refractivity contribution in [1.29, 1.82) is 5.26 Å². The topological polar surface area (TPSA) is 97.1 Å². The van der Waals surface area contributed by atoms with Crippen LogP contribution in [-0.4, -0.2) is 33.7 Å². The number of aromatic nitrogens is 2. The molecule has 5 rings (SSSR count). The number of ether oxygens (including phenoxy) is 1. The van der Waals surface area contributed by atoms with Crippen molar-refractivity contribution in [2.24, 2.45) is 40.9 Å². The summed E-state index contributed by atoms with van der Waals surface area (Å²) in [6, 6.07) is 2.39. The molecule has 4 saturated carbocycles. The molecule has 1 aromatic rings. The maximum absolute atomic E-state index is 11.1. The maximum atomic E-state index is 11.1. The summed E-state index contributed by atoms with van der Waals surface area (Å²) >= 11 is 0. The fourth-order valence-electron chi connectivity index (χ4n) is 9.17. The predicted octanol–water partition coefficient (Wildman–Crippen LogP) is 4.93. The van der Waals surface area contributed by atoms with Gasteiger partial charge in [0.1, 0.15) is 17.5 Å². The maximum Gasteiger partial charge on any atom is 0.140 e. The second-order valence-corrected chi connectivity index (χ2v) is 12.0. The van der Waals surface area contributed by atoms with Gasteiger partial charge in [-0.05, 0) is 113 Å². The summed E-state index contributed by atoms with van der Waals surface area (Å²) in [7, 11) is 0. The Bertz CT molecular complexity index is 908. The predicted molar refractivity (Wildman–Crippen MR) is 128 cm³/mol. The van der Waals surface area contributed by atoms with Crippen LogP contribution in [0.25, 0.3) is 0 Å². The lowest BCUT2D eigenvalue weighted by Crippen LogP contribution is -2.52. The van der Waals surface area contributed by atoms with Crippen LogP contribution in [0, 0.1) is 52.3 Å². The summed E-state index contributed by atoms with van der Waals surface area (Å²) in [5.41, 5.74) is 6.48. The van der Waals surface area contributed by atoms with E-state index in [1.807, 2.05) is 11.6 Å². The van der Waals surface area contributed by atoms with Crippen molar-refractivity contribution < 1.29 is 9.84 Å². The Hall–Kier alpha value is -1.58. The van der Waals surface area contributed by atoms with Gasteiger partial charge < -0.3 is 15.6 Å². The van der Waals surface area contributed by atoms with Crippen LogP contribution >= 0.6 is 0 Å². The van der Waals surface area contributed by atoms with Crippen LogP contribution < -0.4 is 5.73 Å². The first-order valence-electron chi connectivity index (χ1n) is 13.3. The molecule has 6 heteroatoms. The van der Waals surface area contributed by atoms with E-state index in [0.717, 1.165) is 36.5 Å². The normalized spacial score (nSPS) is 43.2. The standard InChI is InChI=1S/C27H42N4O2/c1-4-33-16-27(32)12-10-20-18(13-27)5-6-22-21(20)9-11-26(3)23(7-8-24(22)26)17(2)31-25(29)19(14-28)15-30-31/h15,17-18,20-24,32H,4-13,16,29H2,1-3H3/t17-,18?,20-,21+,22+,23+,24-,26+,27+/m0/s1. The molecule has 4 aliphatic carbocycles. The Balaban J connectivity index is 1.31. The molecule has 0 bridgehead atoms. The fourth-order valence-corrected chi connectivity index (χ4v) is 9.17. The summed E-state index contributed by atoms with van der Waals surface area (Å²) in [5.74, 6) is 4.95. The van der Waals surface area contributed by atoms with Crippen molar-refractivity contribution in [2.45, 2.75) is 90.2 Å². The van der Waals surface area contributed by atoms with E-state index in [4.69, 9.17) is 10.5 Å². The highest BCUT2D eigenvalue weighted by Gasteiger charge is 2.58. The first kappa shape index (κ1) is 23.2. The number of nitrogens with zero attached hydrogens (tertiary/aromatic N) is 3. The van der Waals surface area contributed by atoms with Gasteiger partial charge in [0.25, 0.3) is 0 Å². The number of fused-ring (bicyclic) bond motifs is 5. The SMILES string of the molecule is CCOC[C@@]1(O)CC[C@H]2C(CC[C@@H]3[C@@H]2CC[C@]2(C)[C@@H]([C@H](C)n4ncc(C#N)c4N)CC[C@@H]32)C1. The third kappa shape index (κ3) is 3.71. The van der Waals surface area contributed by atoms with Gasteiger partial charge in [0.15, 0.2) is 0 Å². The lowest BCUT2D eigenvalue weighted by Gasteiger charge is -2.57. The minimum absolute atomic E-state index is 0.221. The number of nitrogens with two attached hydrogens (primary N) is 1. The molecule has 1 aromatic heterocycles. The van der Waals surface area contributed by atoms with Gasteiger partial charge in [-0.15, -0.1) is 0 Å². The molecule has 9 atom stereocenters. The quantitative estimate of drug-likeness (QED) is 0.657. The number of aliphatic hydroxyl groups is 1. The van der Waals surface area contributed by atoms with Crippen molar-refractivity contribution in [3.05, 3.63) is 11.8 Å². The van der Waals surface area contributed by atoms with E-state index >= 15 is 0 Å². The number of rotatable bonds is 5. The Morgan fingerprint density at radius 1 is 1.21 bits per heavy atom. The minimum Gasteiger partial charge on any atom is -0.387 e. The smallest absolute Gasteiger partial charge is 0.140 e. The van der Waals surface area contributed by atoms with E-state index in [1.165, 1.54) is 44.9 Å². The Kier molecular flexibility index (Phi) is 6.02. The van der Waals surface area contributed by atoms with E-state index in [1.54, 1.807) is 6.20 Å². The first-order chi connectivity index (χ1) is 15.8. The van der Waals surface area contributed by atoms with Crippen molar-refractivity contribution in [3.8, 4) is 6.07 Å². The zero-order valence-electron chi connectivity index (χ0n) is 20.7. The lowest BCUT2D eigenvalue weighted by molar-refractivity contribution is -0.129. The van der Waals surface area contributed by atoms with Crippen LogP contribution in [0.2, 0.25) is 0 Å². The number of nitriles is 1. The first-order valence-corrected chi connectivity index (χ1v) is 13.3. The number of anilines is 1. The molecule has 0 aromatic carbocycles. The largest absolute Gasteiger partial charge is 0.387 e. The van der Waals surface area contributed by atoms with Crippen LogP contribution in [0.1, 0.15) is 90.2 Å². The zero-order valence-corrected chi connectivity index (χ0v) is 20.7. The van der Waals surface area contributed by atoms with E-state index in [-0.39, 0.29) is 6.04 Å². The van der Waals surface area contributed by atoms with Crippen LogP contribution in [-0.2, 0) is 4.74 Å². The second-order valence-electron chi connectivity index (χ2n) is 12.0. The van der Waals surface area contributed by atoms with Crippen molar-refractivity contribution in [2.75, 3.05) is 18.9 Å². The van der Waals surface area contributed by atoms with Crippen LogP contribution in [0.4, 0.5) is 5.82 Å². The minimum atomic E-state index is -0.604. The third-order valence-electron chi connectivity index (χ3n) is 10.7. The number of nitrogen functional groups attached to an aromatic ring is 1. The number of hydrogen-bond acceptors (Lipinski definition) is 5. The molecule has 0 saturated heterocycles. The van der Waals surface area contributed by atoms with Gasteiger partial charge in [-0.3, -0.25) is 0 Å². The van der Waals surface area contributed by atoms with Crippen molar-refractivity contribution in [3.63, 3.8) is 0 Å². The van der Waals surface area contributed by atoms with Gasteiger partial charge in [-0.25, -0.2) is 4.68 Å². The van der Waals surface area contributed by atoms with Crippen molar-refractivity contribution in [1.82, 2.24) is 9.78 Å². The van der Waals surface area contributed by atoms with E-state index in [2.05, 4.69) is 25.0 Å². The molecule has 4 aliphatic rings. The Morgan fingerprint density at radius 2 is 2.00 bits per heavy atom. The fraction of sp³-hybridized carbons (Fsp3) is 0.852. The second kappa shape index (κ2) is 8.57. The monoisotopic (exact) mass is 454 g/mol. The molecular weight excluding hydrogens is 412 g/mol. The van der Waals surface area contributed by atoms with E-state index < -0.39 is 5.60 Å². The summed E-state index contributed by atoms with van der Waals surface area (Å²) in [4.78, 5) is 0. The molecule has 182 valence electrons. The average molecular weight is 455 g/mol. The highest BCUT2D eigenvalue weighted by Crippen LogP contribution is 2.66. The molecule has 3 N–H and O–H groups in total. The van der Waals surface area contributed by atoms with E-state index in [9.17, 15) is 10.4 Å². The molecule has 1 heterocycles. The third-order valence-corrected chi connectivity index (χ3v) is 10.7.